The Labute approximate surface area is 246 Å². The van der Waals surface area contributed by atoms with Gasteiger partial charge in [-0.25, -0.2) is 0 Å². The van der Waals surface area contributed by atoms with Gasteiger partial charge in [0.05, 0.1) is 17.5 Å². The van der Waals surface area contributed by atoms with E-state index in [1.807, 2.05) is 41.5 Å². The van der Waals surface area contributed by atoms with Crippen LogP contribution in [-0.4, -0.2) is 65.4 Å². The second kappa shape index (κ2) is 12.9. The van der Waals surface area contributed by atoms with Crippen molar-refractivity contribution in [1.29, 1.82) is 0 Å². The lowest BCUT2D eigenvalue weighted by atomic mass is 9.85. The van der Waals surface area contributed by atoms with E-state index in [0.29, 0.717) is 22.0 Å². The van der Waals surface area contributed by atoms with Crippen molar-refractivity contribution in [3.8, 4) is 11.5 Å². The number of esters is 1. The zero-order valence-electron chi connectivity index (χ0n) is 26.3. The predicted molar refractivity (Wildman–Crippen MR) is 166 cm³/mol. The van der Waals surface area contributed by atoms with Crippen molar-refractivity contribution >= 4 is 35.4 Å². The van der Waals surface area contributed by atoms with Gasteiger partial charge in [0.2, 0.25) is 5.91 Å². The molecule has 1 aliphatic carbocycles. The monoisotopic (exact) mass is 574 g/mol. The molecule has 0 unspecified atom stereocenters. The number of ether oxygens (including phenoxy) is 1. The topological polar surface area (TPSA) is 103 Å². The van der Waals surface area contributed by atoms with Crippen molar-refractivity contribution in [2.24, 2.45) is 15.8 Å². The van der Waals surface area contributed by atoms with E-state index in [1.165, 1.54) is 0 Å². The van der Waals surface area contributed by atoms with E-state index in [1.54, 1.807) is 58.1 Å². The zero-order chi connectivity index (χ0) is 30.6. The second-order valence-electron chi connectivity index (χ2n) is 14.2. The molecule has 3 atom stereocenters. The van der Waals surface area contributed by atoms with Gasteiger partial charge in [-0.05, 0) is 68.8 Å². The van der Waals surface area contributed by atoms with Crippen molar-refractivity contribution in [2.75, 3.05) is 14.1 Å². The Hall–Kier alpha value is -2.68. The summed E-state index contributed by atoms with van der Waals surface area (Å²) in [6, 6.07) is 2.82. The molecule has 0 heterocycles. The summed E-state index contributed by atoms with van der Waals surface area (Å²) in [6.07, 6.45) is 5.50. The first-order valence-corrected chi connectivity index (χ1v) is 14.5. The molecule has 0 saturated heterocycles. The molecule has 1 amide bonds. The van der Waals surface area contributed by atoms with E-state index in [0.717, 1.165) is 25.7 Å². The Kier molecular flexibility index (Phi) is 10.8. The van der Waals surface area contributed by atoms with Crippen molar-refractivity contribution in [1.82, 2.24) is 15.5 Å². The number of amides is 1. The van der Waals surface area contributed by atoms with Gasteiger partial charge in [0.15, 0.2) is 5.11 Å². The Morgan fingerprint density at radius 1 is 1.07 bits per heavy atom. The Balaban J connectivity index is 2.31. The van der Waals surface area contributed by atoms with E-state index in [-0.39, 0.29) is 40.5 Å². The number of benzene rings is 1. The first-order chi connectivity index (χ1) is 18.2. The maximum absolute atomic E-state index is 12.8. The van der Waals surface area contributed by atoms with E-state index < -0.39 is 11.5 Å². The number of aliphatic imine (C=N–C) groups is 1. The van der Waals surface area contributed by atoms with Crippen LogP contribution in [0.3, 0.4) is 0 Å². The number of phenols is 1. The normalized spacial score (nSPS) is 19.2. The molecular weight excluding hydrogens is 524 g/mol. The Morgan fingerprint density at radius 3 is 2.20 bits per heavy atom. The Morgan fingerprint density at radius 2 is 1.68 bits per heavy atom. The van der Waals surface area contributed by atoms with Gasteiger partial charge in [-0.1, -0.05) is 54.4 Å². The number of hydrogen-bond donors (Lipinski definition) is 3. The number of rotatable bonds is 6. The lowest BCUT2D eigenvalue weighted by Gasteiger charge is -2.35. The van der Waals surface area contributed by atoms with E-state index in [2.05, 4.69) is 10.6 Å². The summed E-state index contributed by atoms with van der Waals surface area (Å²) in [6.45, 7) is 17.4. The van der Waals surface area contributed by atoms with Crippen LogP contribution in [0, 0.1) is 10.8 Å². The highest BCUT2D eigenvalue weighted by Gasteiger charge is 2.34. The maximum Gasteiger partial charge on any atom is 0.316 e. The molecule has 0 bridgehead atoms. The van der Waals surface area contributed by atoms with Gasteiger partial charge in [0, 0.05) is 31.4 Å². The average Bonchev–Trinajstić information content (AvgIpc) is 2.80. The highest BCUT2D eigenvalue weighted by molar-refractivity contribution is 7.80. The SMILES string of the molecule is CN(C)C(=O)[C@@H](NC(=S)N[C@@H]1CCCC[C@H]1/N=C/c1cc(OC(=O)C(C)(C)C)cc(C(C)(C)C)c1O)C(C)(C)C. The molecular formula is C31H50N4O4S. The van der Waals surface area contributed by atoms with Crippen LogP contribution in [0.4, 0.5) is 0 Å². The summed E-state index contributed by atoms with van der Waals surface area (Å²) in [5, 5.41) is 18.2. The average molecular weight is 575 g/mol. The zero-order valence-corrected chi connectivity index (χ0v) is 27.1. The van der Waals surface area contributed by atoms with E-state index in [4.69, 9.17) is 21.9 Å². The van der Waals surface area contributed by atoms with Gasteiger partial charge in [0.1, 0.15) is 17.5 Å². The van der Waals surface area contributed by atoms with Crippen molar-refractivity contribution in [3.05, 3.63) is 23.3 Å². The molecule has 8 nitrogen and oxygen atoms in total. The number of aromatic hydroxyl groups is 1. The molecule has 1 fully saturated rings. The van der Waals surface area contributed by atoms with Gasteiger partial charge in [-0.3, -0.25) is 14.6 Å². The van der Waals surface area contributed by atoms with Crippen LogP contribution >= 0.6 is 12.2 Å². The second-order valence-corrected chi connectivity index (χ2v) is 14.6. The van der Waals surface area contributed by atoms with Crippen molar-refractivity contribution in [3.63, 3.8) is 0 Å². The van der Waals surface area contributed by atoms with Crippen LogP contribution < -0.4 is 15.4 Å². The van der Waals surface area contributed by atoms with Gasteiger partial charge < -0.3 is 25.4 Å². The number of nitrogens with one attached hydrogen (secondary N) is 2. The van der Waals surface area contributed by atoms with Crippen molar-refractivity contribution in [2.45, 2.75) is 112 Å². The standard InChI is InChI=1S/C31H50N4O4S/c1-29(2,3)21-17-20(39-27(38)31(7,8)9)16-19(24(21)36)18-32-22-14-12-13-15-23(22)33-28(40)34-25(30(4,5)6)26(37)35(10)11/h16-18,22-23,25,36H,12-15H2,1-11H3,(H2,33,34,40)/b32-18+/t22-,23-,25-/m1/s1. The summed E-state index contributed by atoms with van der Waals surface area (Å²) in [7, 11) is 3.48. The van der Waals surface area contributed by atoms with Gasteiger partial charge in [-0.15, -0.1) is 0 Å². The molecule has 224 valence electrons. The van der Waals surface area contributed by atoms with Gasteiger partial charge in [-0.2, -0.15) is 0 Å². The highest BCUT2D eigenvalue weighted by Crippen LogP contribution is 2.37. The minimum absolute atomic E-state index is 0.0220. The highest BCUT2D eigenvalue weighted by atomic mass is 32.1. The number of likely N-dealkylation sites (N-methyl/N-ethyl adjacent to an activating group) is 1. The molecule has 0 aromatic heterocycles. The van der Waals surface area contributed by atoms with Crippen LogP contribution in [0.1, 0.15) is 99.1 Å². The smallest absolute Gasteiger partial charge is 0.316 e. The minimum atomic E-state index is -0.662. The van der Waals surface area contributed by atoms with Crippen LogP contribution in [-0.2, 0) is 15.0 Å². The summed E-state index contributed by atoms with van der Waals surface area (Å²) < 4.78 is 5.70. The third kappa shape index (κ3) is 9.18. The predicted octanol–water partition coefficient (Wildman–Crippen LogP) is 5.34. The van der Waals surface area contributed by atoms with Crippen LogP contribution in [0.15, 0.2) is 17.1 Å². The molecule has 0 aliphatic heterocycles. The first kappa shape index (κ1) is 33.5. The molecule has 9 heteroatoms. The molecule has 0 spiro atoms. The molecule has 1 aromatic carbocycles. The number of phenolic OH excluding ortho intramolecular Hbond substituents is 1. The van der Waals surface area contributed by atoms with Crippen molar-refractivity contribution < 1.29 is 19.4 Å². The Bertz CT molecular complexity index is 1110. The molecule has 1 aromatic rings. The molecule has 1 saturated carbocycles. The quantitative estimate of drug-likeness (QED) is 0.182. The third-order valence-electron chi connectivity index (χ3n) is 7.02. The van der Waals surface area contributed by atoms with Crippen LogP contribution in [0.25, 0.3) is 0 Å². The summed E-state index contributed by atoms with van der Waals surface area (Å²) in [4.78, 5) is 31.9. The third-order valence-corrected chi connectivity index (χ3v) is 7.26. The minimum Gasteiger partial charge on any atom is -0.507 e. The van der Waals surface area contributed by atoms with E-state index >= 15 is 0 Å². The number of carbonyl (C=O) groups is 2. The van der Waals surface area contributed by atoms with Gasteiger partial charge in [0.25, 0.3) is 0 Å². The number of nitrogens with zero attached hydrogens (tertiary/aromatic N) is 2. The fourth-order valence-corrected chi connectivity index (χ4v) is 4.77. The van der Waals surface area contributed by atoms with Crippen LogP contribution in [0.2, 0.25) is 0 Å². The lowest BCUT2D eigenvalue weighted by Crippen LogP contribution is -2.57. The molecule has 40 heavy (non-hydrogen) atoms. The summed E-state index contributed by atoms with van der Waals surface area (Å²) in [5.41, 5.74) is -0.197. The first-order valence-electron chi connectivity index (χ1n) is 14.1. The van der Waals surface area contributed by atoms with Crippen LogP contribution in [0.5, 0.6) is 11.5 Å². The van der Waals surface area contributed by atoms with E-state index in [9.17, 15) is 14.7 Å². The lowest BCUT2D eigenvalue weighted by molar-refractivity contribution is -0.143. The molecule has 0 radical (unpaired) electrons. The fourth-order valence-electron chi connectivity index (χ4n) is 4.50. The largest absolute Gasteiger partial charge is 0.507 e. The number of thiocarbonyl (C=S) groups is 1. The molecule has 2 rings (SSSR count). The molecule has 3 N–H and O–H groups in total. The summed E-state index contributed by atoms with van der Waals surface area (Å²) in [5.74, 6) is 0.123. The summed E-state index contributed by atoms with van der Waals surface area (Å²) >= 11 is 5.65. The number of carbonyl (C=O) groups excluding carboxylic acids is 2. The molecule has 1 aliphatic rings. The number of hydrogen-bond acceptors (Lipinski definition) is 6. The maximum atomic E-state index is 12.8. The van der Waals surface area contributed by atoms with Gasteiger partial charge >= 0.3 is 5.97 Å². The fraction of sp³-hybridized carbons (Fsp3) is 0.677.